The van der Waals surface area contributed by atoms with Gasteiger partial charge in [0.2, 0.25) is 11.8 Å². The van der Waals surface area contributed by atoms with Crippen LogP contribution in [0.4, 0.5) is 10.7 Å². The zero-order valence-corrected chi connectivity index (χ0v) is 19.3. The third-order valence-electron chi connectivity index (χ3n) is 6.64. The molecule has 168 valence electrons. The topological polar surface area (TPSA) is 85.2 Å². The fourth-order valence-corrected chi connectivity index (χ4v) is 5.89. The van der Waals surface area contributed by atoms with Gasteiger partial charge >= 0.3 is 0 Å². The number of thiophene rings is 1. The van der Waals surface area contributed by atoms with E-state index in [2.05, 4.69) is 21.6 Å². The van der Waals surface area contributed by atoms with E-state index in [0.29, 0.717) is 23.7 Å². The van der Waals surface area contributed by atoms with Gasteiger partial charge in [0.15, 0.2) is 0 Å². The van der Waals surface area contributed by atoms with Crippen LogP contribution in [0, 0.1) is 17.2 Å². The van der Waals surface area contributed by atoms with Crippen LogP contribution in [0.5, 0.6) is 0 Å². The molecule has 6 nitrogen and oxygen atoms in total. The summed E-state index contributed by atoms with van der Waals surface area (Å²) in [5.41, 5.74) is 2.61. The van der Waals surface area contributed by atoms with E-state index < -0.39 is 0 Å². The molecule has 1 aromatic carbocycles. The first-order valence-electron chi connectivity index (χ1n) is 11.5. The minimum atomic E-state index is -0.304. The monoisotopic (exact) mass is 450 g/mol. The fraction of sp³-hybridized carbons (Fsp3) is 0.480. The highest BCUT2D eigenvalue weighted by Gasteiger charge is 2.31. The molecule has 7 heteroatoms. The number of nitrogens with zero attached hydrogens (tertiary/aromatic N) is 2. The third-order valence-corrected chi connectivity index (χ3v) is 7.85. The molecule has 2 N–H and O–H groups in total. The number of anilines is 2. The normalized spacial score (nSPS) is 18.1. The second-order valence-corrected chi connectivity index (χ2v) is 9.82. The molecule has 1 atom stereocenters. The van der Waals surface area contributed by atoms with Crippen molar-refractivity contribution in [2.75, 3.05) is 23.7 Å². The summed E-state index contributed by atoms with van der Waals surface area (Å²) in [7, 11) is 0. The predicted molar refractivity (Wildman–Crippen MR) is 128 cm³/mol. The van der Waals surface area contributed by atoms with Gasteiger partial charge in [-0.05, 0) is 76.2 Å². The first-order valence-corrected chi connectivity index (χ1v) is 12.3. The summed E-state index contributed by atoms with van der Waals surface area (Å²) in [4.78, 5) is 28.9. The maximum atomic E-state index is 13.0. The Morgan fingerprint density at radius 2 is 1.81 bits per heavy atom. The van der Waals surface area contributed by atoms with Gasteiger partial charge in [-0.2, -0.15) is 5.26 Å². The number of hydrogen-bond acceptors (Lipinski definition) is 5. The molecule has 1 saturated heterocycles. The number of likely N-dealkylation sites (tertiary alicyclic amines) is 1. The molecule has 1 aliphatic carbocycles. The van der Waals surface area contributed by atoms with Crippen molar-refractivity contribution in [1.82, 2.24) is 4.90 Å². The minimum absolute atomic E-state index is 0.0418. The Kier molecular flexibility index (Phi) is 7.23. The molecule has 32 heavy (non-hydrogen) atoms. The Hall–Kier alpha value is -2.69. The van der Waals surface area contributed by atoms with E-state index >= 15 is 0 Å². The second-order valence-electron chi connectivity index (χ2n) is 8.71. The number of hydrogen-bond donors (Lipinski definition) is 2. The molecule has 1 aliphatic heterocycles. The van der Waals surface area contributed by atoms with Crippen molar-refractivity contribution in [1.29, 1.82) is 5.26 Å². The Bertz CT molecular complexity index is 1000. The summed E-state index contributed by atoms with van der Waals surface area (Å²) in [6.07, 6.45) is 6.84. The molecule has 2 amide bonds. The molecule has 4 rings (SSSR count). The summed E-state index contributed by atoms with van der Waals surface area (Å²) in [6.45, 7) is 3.31. The maximum Gasteiger partial charge on any atom is 0.242 e. The summed E-state index contributed by atoms with van der Waals surface area (Å²) in [5.74, 6) is -0.0725. The number of rotatable bonds is 5. The first kappa shape index (κ1) is 22.5. The standard InChI is InChI=1S/C25H30N4O2S/c1-17(23(30)28-25-21(16-26)20-10-6-3-7-11-22(20)32-25)29-14-12-18(13-15-29)24(31)27-19-8-4-2-5-9-19/h2,4-5,8-9,17-18H,3,6-7,10-15H2,1H3,(H,27,31)(H,28,30)/t17-/m1/s1. The number of nitriles is 1. The molecule has 2 heterocycles. The first-order chi connectivity index (χ1) is 15.6. The van der Waals surface area contributed by atoms with Crippen molar-refractivity contribution < 1.29 is 9.59 Å². The molecular weight excluding hydrogens is 420 g/mol. The van der Waals surface area contributed by atoms with Gasteiger partial charge in [0, 0.05) is 16.5 Å². The van der Waals surface area contributed by atoms with Gasteiger partial charge < -0.3 is 10.6 Å². The van der Waals surface area contributed by atoms with Gasteiger partial charge in [-0.15, -0.1) is 11.3 Å². The van der Waals surface area contributed by atoms with E-state index in [9.17, 15) is 14.9 Å². The van der Waals surface area contributed by atoms with Crippen LogP contribution in [-0.2, 0) is 22.4 Å². The molecule has 0 saturated carbocycles. The predicted octanol–water partition coefficient (Wildman–Crippen LogP) is 4.57. The van der Waals surface area contributed by atoms with Crippen LogP contribution in [0.1, 0.15) is 55.0 Å². The number of carbonyl (C=O) groups excluding carboxylic acids is 2. The maximum absolute atomic E-state index is 13.0. The van der Waals surface area contributed by atoms with Crippen LogP contribution in [0.3, 0.4) is 0 Å². The van der Waals surface area contributed by atoms with E-state index in [1.807, 2.05) is 37.3 Å². The highest BCUT2D eigenvalue weighted by atomic mass is 32.1. The van der Waals surface area contributed by atoms with Crippen LogP contribution >= 0.6 is 11.3 Å². The Morgan fingerprint density at radius 3 is 2.53 bits per heavy atom. The Balaban J connectivity index is 1.33. The fourth-order valence-electron chi connectivity index (χ4n) is 4.65. The van der Waals surface area contributed by atoms with Crippen LogP contribution in [-0.4, -0.2) is 35.8 Å². The summed E-state index contributed by atoms with van der Waals surface area (Å²) in [5, 5.41) is 16.4. The van der Waals surface area contributed by atoms with Gasteiger partial charge in [-0.3, -0.25) is 14.5 Å². The Labute approximate surface area is 193 Å². The number of piperidine rings is 1. The summed E-state index contributed by atoms with van der Waals surface area (Å²) in [6, 6.07) is 11.5. The van der Waals surface area contributed by atoms with E-state index in [1.165, 1.54) is 11.3 Å². The molecule has 2 aliphatic rings. The number of aryl methyl sites for hydroxylation is 1. The molecule has 0 spiro atoms. The average Bonchev–Trinajstić information content (AvgIpc) is 2.97. The number of para-hydroxylation sites is 1. The van der Waals surface area contributed by atoms with Crippen molar-refractivity contribution in [2.24, 2.45) is 5.92 Å². The van der Waals surface area contributed by atoms with Crippen LogP contribution in [0.2, 0.25) is 0 Å². The minimum Gasteiger partial charge on any atom is -0.326 e. The van der Waals surface area contributed by atoms with Gasteiger partial charge in [-0.25, -0.2) is 0 Å². The van der Waals surface area contributed by atoms with Crippen molar-refractivity contribution in [3.8, 4) is 6.07 Å². The van der Waals surface area contributed by atoms with Gasteiger partial charge in [0.05, 0.1) is 11.6 Å². The van der Waals surface area contributed by atoms with E-state index in [4.69, 9.17) is 0 Å². The van der Waals surface area contributed by atoms with Crippen LogP contribution < -0.4 is 10.6 Å². The lowest BCUT2D eigenvalue weighted by atomic mass is 9.94. The largest absolute Gasteiger partial charge is 0.326 e. The number of benzene rings is 1. The van der Waals surface area contributed by atoms with E-state index in [0.717, 1.165) is 49.8 Å². The SMILES string of the molecule is C[C@H](C(=O)Nc1sc2c(c1C#N)CCCCC2)N1CCC(C(=O)Nc2ccccc2)CC1. The van der Waals surface area contributed by atoms with Gasteiger partial charge in [0.1, 0.15) is 11.1 Å². The van der Waals surface area contributed by atoms with Crippen molar-refractivity contribution in [3.63, 3.8) is 0 Å². The molecule has 0 bridgehead atoms. The smallest absolute Gasteiger partial charge is 0.242 e. The van der Waals surface area contributed by atoms with Gasteiger partial charge in [-0.1, -0.05) is 24.6 Å². The van der Waals surface area contributed by atoms with Crippen LogP contribution in [0.25, 0.3) is 0 Å². The number of amides is 2. The number of carbonyl (C=O) groups is 2. The molecule has 1 fully saturated rings. The zero-order valence-electron chi connectivity index (χ0n) is 18.5. The molecule has 0 radical (unpaired) electrons. The van der Waals surface area contributed by atoms with E-state index in [-0.39, 0.29) is 23.8 Å². The van der Waals surface area contributed by atoms with Gasteiger partial charge in [0.25, 0.3) is 0 Å². The number of nitrogens with one attached hydrogen (secondary N) is 2. The van der Waals surface area contributed by atoms with Crippen molar-refractivity contribution in [2.45, 2.75) is 57.9 Å². The number of fused-ring (bicyclic) bond motifs is 1. The highest BCUT2D eigenvalue weighted by molar-refractivity contribution is 7.16. The quantitative estimate of drug-likeness (QED) is 0.654. The second kappa shape index (κ2) is 10.3. The van der Waals surface area contributed by atoms with Crippen molar-refractivity contribution in [3.05, 3.63) is 46.3 Å². The molecule has 1 aromatic heterocycles. The van der Waals surface area contributed by atoms with Crippen LogP contribution in [0.15, 0.2) is 30.3 Å². The lowest BCUT2D eigenvalue weighted by Gasteiger charge is -2.34. The lowest BCUT2D eigenvalue weighted by molar-refractivity contribution is -0.123. The molecule has 2 aromatic rings. The van der Waals surface area contributed by atoms with Crippen molar-refractivity contribution >= 4 is 33.8 Å². The highest BCUT2D eigenvalue weighted by Crippen LogP contribution is 2.37. The Morgan fingerprint density at radius 1 is 1.09 bits per heavy atom. The van der Waals surface area contributed by atoms with E-state index in [1.54, 1.807) is 11.3 Å². The average molecular weight is 451 g/mol. The molecular formula is C25H30N4O2S. The lowest BCUT2D eigenvalue weighted by Crippen LogP contribution is -2.47. The third kappa shape index (κ3) is 5.03. The molecule has 0 unspecified atom stereocenters. The zero-order chi connectivity index (χ0) is 22.5. The summed E-state index contributed by atoms with van der Waals surface area (Å²) < 4.78 is 0. The summed E-state index contributed by atoms with van der Waals surface area (Å²) >= 11 is 1.57.